The summed E-state index contributed by atoms with van der Waals surface area (Å²) in [5.74, 6) is -3.82. The minimum absolute atomic E-state index is 0.184. The lowest BCUT2D eigenvalue weighted by molar-refractivity contribution is -0.256. The van der Waals surface area contributed by atoms with Crippen LogP contribution in [0.25, 0.3) is 0 Å². The van der Waals surface area contributed by atoms with E-state index < -0.39 is 43.1 Å². The molecule has 0 aromatic heterocycles. The highest BCUT2D eigenvalue weighted by Crippen LogP contribution is 2.37. The standard InChI is InChI=1S/C19H22F6O2/c1-2-3-12-4-6-13(7-5-12)10-19(24,25)26-11-14-8-15(20)17(16(21)9-14)27-18(22)23/h2-3,8-9,12-13,18H,4-7,10-11H2,1H3/t12-,13-. The maximum Gasteiger partial charge on any atom is 0.387 e. The molecule has 0 heterocycles. The molecule has 0 bridgehead atoms. The fourth-order valence-corrected chi connectivity index (χ4v) is 3.34. The Morgan fingerprint density at radius 1 is 1.11 bits per heavy atom. The average molecular weight is 396 g/mol. The van der Waals surface area contributed by atoms with Gasteiger partial charge in [-0.05, 0) is 62.1 Å². The second-order valence-corrected chi connectivity index (χ2v) is 6.70. The summed E-state index contributed by atoms with van der Waals surface area (Å²) in [6.45, 7) is -2.22. The van der Waals surface area contributed by atoms with Crippen LogP contribution in [0.1, 0.15) is 44.6 Å². The Hall–Kier alpha value is -1.70. The minimum atomic E-state index is -3.44. The summed E-state index contributed by atoms with van der Waals surface area (Å²) in [7, 11) is 0. The molecule has 0 unspecified atom stereocenters. The molecule has 0 radical (unpaired) electrons. The van der Waals surface area contributed by atoms with Crippen LogP contribution in [-0.4, -0.2) is 12.7 Å². The Morgan fingerprint density at radius 2 is 1.70 bits per heavy atom. The second-order valence-electron chi connectivity index (χ2n) is 6.70. The number of ether oxygens (including phenoxy) is 2. The number of halogens is 6. The van der Waals surface area contributed by atoms with E-state index in [4.69, 9.17) is 0 Å². The van der Waals surface area contributed by atoms with Crippen molar-refractivity contribution in [1.82, 2.24) is 0 Å². The number of allylic oxidation sites excluding steroid dienone is 2. The maximum absolute atomic E-state index is 14.0. The van der Waals surface area contributed by atoms with Gasteiger partial charge >= 0.3 is 12.7 Å². The van der Waals surface area contributed by atoms with E-state index in [-0.39, 0.29) is 11.5 Å². The van der Waals surface area contributed by atoms with Crippen LogP contribution in [-0.2, 0) is 11.3 Å². The Morgan fingerprint density at radius 3 is 2.22 bits per heavy atom. The number of benzene rings is 1. The average Bonchev–Trinajstić information content (AvgIpc) is 2.58. The Kier molecular flexibility index (Phi) is 7.59. The van der Waals surface area contributed by atoms with Crippen LogP contribution in [0, 0.1) is 23.5 Å². The predicted molar refractivity (Wildman–Crippen MR) is 87.6 cm³/mol. The van der Waals surface area contributed by atoms with E-state index in [2.05, 4.69) is 15.5 Å². The van der Waals surface area contributed by atoms with Gasteiger partial charge in [-0.1, -0.05) is 12.2 Å². The summed E-state index contributed by atoms with van der Waals surface area (Å²) in [6.07, 6.45) is 3.14. The fourth-order valence-electron chi connectivity index (χ4n) is 3.34. The molecule has 1 aromatic carbocycles. The highest BCUT2D eigenvalue weighted by molar-refractivity contribution is 5.31. The van der Waals surface area contributed by atoms with Crippen LogP contribution in [0.15, 0.2) is 24.3 Å². The molecule has 1 fully saturated rings. The molecule has 1 aromatic rings. The molecule has 0 amide bonds. The van der Waals surface area contributed by atoms with Crippen LogP contribution in [0.4, 0.5) is 26.3 Å². The largest absolute Gasteiger partial charge is 0.429 e. The lowest BCUT2D eigenvalue weighted by Gasteiger charge is -2.29. The minimum Gasteiger partial charge on any atom is -0.429 e. The first-order valence-electron chi connectivity index (χ1n) is 8.77. The van der Waals surface area contributed by atoms with Gasteiger partial charge in [-0.3, -0.25) is 0 Å². The van der Waals surface area contributed by atoms with Gasteiger partial charge in [0.1, 0.15) is 0 Å². The third kappa shape index (κ3) is 6.75. The topological polar surface area (TPSA) is 18.5 Å². The first-order chi connectivity index (χ1) is 12.7. The van der Waals surface area contributed by atoms with E-state index in [1.54, 1.807) is 0 Å². The molecular weight excluding hydrogens is 374 g/mol. The molecule has 2 nitrogen and oxygen atoms in total. The Labute approximate surface area is 154 Å². The lowest BCUT2D eigenvalue weighted by Crippen LogP contribution is -2.27. The quantitative estimate of drug-likeness (QED) is 0.371. The van der Waals surface area contributed by atoms with Crippen LogP contribution in [0.5, 0.6) is 5.75 Å². The highest BCUT2D eigenvalue weighted by atomic mass is 19.3. The van der Waals surface area contributed by atoms with Gasteiger partial charge in [-0.25, -0.2) is 8.78 Å². The summed E-state index contributed by atoms with van der Waals surface area (Å²) in [6, 6.07) is 1.28. The van der Waals surface area contributed by atoms with Crippen molar-refractivity contribution in [2.24, 2.45) is 11.8 Å². The zero-order valence-corrected chi connectivity index (χ0v) is 14.9. The summed E-state index contributed by atoms with van der Waals surface area (Å²) in [5, 5.41) is 0. The zero-order chi connectivity index (χ0) is 20.0. The summed E-state index contributed by atoms with van der Waals surface area (Å²) >= 11 is 0. The van der Waals surface area contributed by atoms with Crippen molar-refractivity contribution in [2.45, 2.75) is 58.4 Å². The number of hydrogen-bond donors (Lipinski definition) is 0. The summed E-state index contributed by atoms with van der Waals surface area (Å²) in [4.78, 5) is 0. The maximum atomic E-state index is 14.0. The first kappa shape index (κ1) is 21.6. The predicted octanol–water partition coefficient (Wildman–Crippen LogP) is 6.45. The monoisotopic (exact) mass is 396 g/mol. The molecule has 27 heavy (non-hydrogen) atoms. The van der Waals surface area contributed by atoms with Gasteiger partial charge in [-0.2, -0.15) is 17.6 Å². The van der Waals surface area contributed by atoms with E-state index in [9.17, 15) is 26.3 Å². The van der Waals surface area contributed by atoms with Gasteiger partial charge in [0.15, 0.2) is 17.4 Å². The number of hydrogen-bond acceptors (Lipinski definition) is 2. The smallest absolute Gasteiger partial charge is 0.387 e. The van der Waals surface area contributed by atoms with Crippen LogP contribution in [0.2, 0.25) is 0 Å². The summed E-state index contributed by atoms with van der Waals surface area (Å²) in [5.41, 5.74) is -0.233. The molecule has 0 spiro atoms. The van der Waals surface area contributed by atoms with Crippen LogP contribution < -0.4 is 4.74 Å². The first-order valence-corrected chi connectivity index (χ1v) is 8.77. The molecule has 152 valence electrons. The lowest BCUT2D eigenvalue weighted by atomic mass is 9.80. The second kappa shape index (κ2) is 9.48. The molecule has 2 rings (SSSR count). The van der Waals surface area contributed by atoms with E-state index in [0.29, 0.717) is 30.9 Å². The molecule has 0 N–H and O–H groups in total. The molecule has 8 heteroatoms. The molecule has 0 saturated heterocycles. The highest BCUT2D eigenvalue weighted by Gasteiger charge is 2.35. The third-order valence-electron chi connectivity index (χ3n) is 4.60. The van der Waals surface area contributed by atoms with Crippen molar-refractivity contribution in [3.05, 3.63) is 41.5 Å². The van der Waals surface area contributed by atoms with Crippen molar-refractivity contribution in [1.29, 1.82) is 0 Å². The normalized spacial score (nSPS) is 21.2. The number of alkyl halides is 4. The van der Waals surface area contributed by atoms with Crippen LogP contribution in [0.3, 0.4) is 0 Å². The number of rotatable bonds is 8. The molecule has 1 aliphatic rings. The van der Waals surface area contributed by atoms with Crippen molar-refractivity contribution in [3.8, 4) is 5.75 Å². The van der Waals surface area contributed by atoms with Gasteiger partial charge in [0.2, 0.25) is 0 Å². The van der Waals surface area contributed by atoms with E-state index >= 15 is 0 Å². The summed E-state index contributed by atoms with van der Waals surface area (Å²) < 4.78 is 87.8. The fraction of sp³-hybridized carbons (Fsp3) is 0.579. The molecule has 0 atom stereocenters. The van der Waals surface area contributed by atoms with E-state index in [0.717, 1.165) is 12.8 Å². The van der Waals surface area contributed by atoms with Crippen molar-refractivity contribution >= 4 is 0 Å². The third-order valence-corrected chi connectivity index (χ3v) is 4.60. The van der Waals surface area contributed by atoms with Gasteiger partial charge in [0, 0.05) is 6.42 Å². The zero-order valence-electron chi connectivity index (χ0n) is 14.9. The van der Waals surface area contributed by atoms with E-state index in [1.807, 2.05) is 13.0 Å². The Balaban J connectivity index is 1.89. The van der Waals surface area contributed by atoms with E-state index in [1.165, 1.54) is 0 Å². The van der Waals surface area contributed by atoms with Crippen molar-refractivity contribution in [3.63, 3.8) is 0 Å². The van der Waals surface area contributed by atoms with Gasteiger partial charge < -0.3 is 9.47 Å². The Bertz CT molecular complexity index is 616. The van der Waals surface area contributed by atoms with Gasteiger partial charge in [-0.15, -0.1) is 0 Å². The molecular formula is C19H22F6O2. The van der Waals surface area contributed by atoms with Crippen LogP contribution >= 0.6 is 0 Å². The van der Waals surface area contributed by atoms with Crippen molar-refractivity contribution < 1.29 is 35.8 Å². The molecule has 0 aliphatic heterocycles. The van der Waals surface area contributed by atoms with Gasteiger partial charge in [0.25, 0.3) is 0 Å². The van der Waals surface area contributed by atoms with Gasteiger partial charge in [0.05, 0.1) is 6.61 Å². The molecule has 1 aliphatic carbocycles. The SMILES string of the molecule is CC=C[C@H]1CC[C@H](CC(F)(F)OCc2cc(F)c(OC(F)F)c(F)c2)CC1. The van der Waals surface area contributed by atoms with Crippen molar-refractivity contribution in [2.75, 3.05) is 0 Å². The molecule has 1 saturated carbocycles.